The molecule has 0 aromatic heterocycles. The van der Waals surface area contributed by atoms with E-state index < -0.39 is 5.54 Å². The third-order valence-electron chi connectivity index (χ3n) is 7.40. The van der Waals surface area contributed by atoms with Crippen LogP contribution in [0.5, 0.6) is 0 Å². The number of carbonyl (C=O) groups is 2. The number of amides is 2. The van der Waals surface area contributed by atoms with Crippen LogP contribution in [0.4, 0.5) is 0 Å². The van der Waals surface area contributed by atoms with E-state index in [1.165, 1.54) is 0 Å². The third kappa shape index (κ3) is 5.39. The molecule has 0 aliphatic carbocycles. The van der Waals surface area contributed by atoms with E-state index in [-0.39, 0.29) is 29.3 Å². The SMILES string of the molecule is CN(CC(C)(C)C)[C@H]1C[C@H]2C(=O)NC3(CCN(Cc4cccc(C#N)c4)CC3)CC(=O)N2C1. The van der Waals surface area contributed by atoms with E-state index >= 15 is 0 Å². The summed E-state index contributed by atoms with van der Waals surface area (Å²) < 4.78 is 0. The fourth-order valence-electron chi connectivity index (χ4n) is 5.75. The summed E-state index contributed by atoms with van der Waals surface area (Å²) >= 11 is 0. The Labute approximate surface area is 197 Å². The number of nitrogens with zero attached hydrogens (tertiary/aromatic N) is 4. The van der Waals surface area contributed by atoms with Crippen LogP contribution in [0.1, 0.15) is 57.6 Å². The fourth-order valence-corrected chi connectivity index (χ4v) is 5.75. The Morgan fingerprint density at radius 3 is 2.64 bits per heavy atom. The lowest BCUT2D eigenvalue weighted by atomic mass is 9.83. The summed E-state index contributed by atoms with van der Waals surface area (Å²) in [4.78, 5) is 33.0. The predicted octanol–water partition coefficient (Wildman–Crippen LogP) is 2.36. The van der Waals surface area contributed by atoms with Crippen LogP contribution in [0, 0.1) is 16.7 Å². The first-order chi connectivity index (χ1) is 15.6. The Morgan fingerprint density at radius 1 is 1.24 bits per heavy atom. The second-order valence-corrected chi connectivity index (χ2v) is 11.5. The summed E-state index contributed by atoms with van der Waals surface area (Å²) in [6, 6.07) is 9.79. The number of likely N-dealkylation sites (N-methyl/N-ethyl adjacent to an activating group) is 1. The van der Waals surface area contributed by atoms with E-state index in [2.05, 4.69) is 49.0 Å². The molecule has 3 heterocycles. The van der Waals surface area contributed by atoms with Crippen molar-refractivity contribution < 1.29 is 9.59 Å². The van der Waals surface area contributed by atoms with E-state index in [4.69, 9.17) is 5.26 Å². The van der Waals surface area contributed by atoms with Gasteiger partial charge in [-0.25, -0.2) is 0 Å². The van der Waals surface area contributed by atoms with Gasteiger partial charge in [0.05, 0.1) is 23.6 Å². The molecule has 1 N–H and O–H groups in total. The van der Waals surface area contributed by atoms with Gasteiger partial charge in [-0.3, -0.25) is 14.5 Å². The quantitative estimate of drug-likeness (QED) is 0.760. The fraction of sp³-hybridized carbons (Fsp3) is 0.654. The van der Waals surface area contributed by atoms with Crippen LogP contribution in [0.15, 0.2) is 24.3 Å². The van der Waals surface area contributed by atoms with Crippen molar-refractivity contribution in [2.75, 3.05) is 33.2 Å². The Hall–Kier alpha value is -2.43. The monoisotopic (exact) mass is 451 g/mol. The van der Waals surface area contributed by atoms with Gasteiger partial charge in [0.15, 0.2) is 0 Å². The molecular formula is C26H37N5O2. The van der Waals surface area contributed by atoms with Crippen molar-refractivity contribution in [3.05, 3.63) is 35.4 Å². The molecule has 1 aromatic rings. The van der Waals surface area contributed by atoms with Crippen LogP contribution in [-0.2, 0) is 16.1 Å². The van der Waals surface area contributed by atoms with Gasteiger partial charge in [0.1, 0.15) is 6.04 Å². The Balaban J connectivity index is 1.37. The Kier molecular flexibility index (Phi) is 6.52. The number of rotatable bonds is 4. The summed E-state index contributed by atoms with van der Waals surface area (Å²) in [5.41, 5.74) is 1.54. The van der Waals surface area contributed by atoms with Crippen LogP contribution in [0.25, 0.3) is 0 Å². The molecule has 3 saturated heterocycles. The topological polar surface area (TPSA) is 79.7 Å². The molecule has 1 aromatic carbocycles. The number of carbonyl (C=O) groups excluding carboxylic acids is 2. The van der Waals surface area contributed by atoms with Crippen LogP contribution < -0.4 is 5.32 Å². The summed E-state index contributed by atoms with van der Waals surface area (Å²) in [5.74, 6) is 0.128. The molecule has 3 aliphatic heterocycles. The van der Waals surface area contributed by atoms with Crippen molar-refractivity contribution in [1.29, 1.82) is 5.26 Å². The van der Waals surface area contributed by atoms with E-state index in [0.717, 1.165) is 44.6 Å². The van der Waals surface area contributed by atoms with Crippen molar-refractivity contribution >= 4 is 11.8 Å². The largest absolute Gasteiger partial charge is 0.348 e. The van der Waals surface area contributed by atoms with Gasteiger partial charge in [0.25, 0.3) is 0 Å². The molecule has 4 rings (SSSR count). The highest BCUT2D eigenvalue weighted by atomic mass is 16.2. The summed E-state index contributed by atoms with van der Waals surface area (Å²) in [7, 11) is 2.11. The second kappa shape index (κ2) is 9.08. The number of benzene rings is 1. The standard InChI is InChI=1S/C26H37N5O2/c1-25(2,3)18-29(4)21-13-22-24(33)28-26(14-23(32)31(22)17-21)8-10-30(11-9-26)16-20-7-5-6-19(12-20)15-27/h5-7,12,21-22H,8-11,13-14,16-18H2,1-4H3,(H,28,33)/t21-,22-/m0/s1. The first-order valence-corrected chi connectivity index (χ1v) is 12.1. The minimum Gasteiger partial charge on any atom is -0.348 e. The zero-order valence-electron chi connectivity index (χ0n) is 20.4. The average Bonchev–Trinajstić information content (AvgIpc) is 3.17. The maximum atomic E-state index is 13.3. The molecule has 3 fully saturated rings. The number of fused-ring (bicyclic) bond motifs is 1. The van der Waals surface area contributed by atoms with Crippen molar-refractivity contribution in [2.45, 2.75) is 70.6 Å². The molecule has 33 heavy (non-hydrogen) atoms. The molecule has 7 heteroatoms. The van der Waals surface area contributed by atoms with Crippen molar-refractivity contribution in [3.63, 3.8) is 0 Å². The van der Waals surface area contributed by atoms with E-state index in [9.17, 15) is 9.59 Å². The minimum atomic E-state index is -0.434. The highest BCUT2D eigenvalue weighted by Gasteiger charge is 2.49. The Morgan fingerprint density at radius 2 is 1.97 bits per heavy atom. The average molecular weight is 452 g/mol. The first-order valence-electron chi connectivity index (χ1n) is 12.1. The van der Waals surface area contributed by atoms with Crippen molar-refractivity contribution in [2.24, 2.45) is 5.41 Å². The molecule has 7 nitrogen and oxygen atoms in total. The van der Waals surface area contributed by atoms with Gasteiger partial charge >= 0.3 is 0 Å². The summed E-state index contributed by atoms with van der Waals surface area (Å²) in [6.07, 6.45) is 2.65. The van der Waals surface area contributed by atoms with Gasteiger partial charge in [-0.2, -0.15) is 5.26 Å². The molecule has 0 saturated carbocycles. The number of nitrogens with one attached hydrogen (secondary N) is 1. The first kappa shape index (κ1) is 23.7. The van der Waals surface area contributed by atoms with Crippen LogP contribution in [0.2, 0.25) is 0 Å². The lowest BCUT2D eigenvalue weighted by molar-refractivity contribution is -0.135. The highest BCUT2D eigenvalue weighted by Crippen LogP contribution is 2.34. The molecule has 0 radical (unpaired) electrons. The molecule has 1 spiro atoms. The van der Waals surface area contributed by atoms with Gasteiger partial charge in [-0.15, -0.1) is 0 Å². The van der Waals surface area contributed by atoms with Gasteiger partial charge in [-0.05, 0) is 49.4 Å². The van der Waals surface area contributed by atoms with Crippen LogP contribution >= 0.6 is 0 Å². The number of nitriles is 1. The van der Waals surface area contributed by atoms with Crippen LogP contribution in [-0.4, -0.2) is 77.4 Å². The molecule has 178 valence electrons. The summed E-state index contributed by atoms with van der Waals surface area (Å²) in [6.45, 7) is 10.6. The molecular weight excluding hydrogens is 414 g/mol. The molecule has 2 atom stereocenters. The third-order valence-corrected chi connectivity index (χ3v) is 7.40. The second-order valence-electron chi connectivity index (χ2n) is 11.5. The van der Waals surface area contributed by atoms with E-state index in [1.807, 2.05) is 29.2 Å². The molecule has 2 amide bonds. The minimum absolute atomic E-state index is 0.0164. The summed E-state index contributed by atoms with van der Waals surface area (Å²) in [5, 5.41) is 12.4. The van der Waals surface area contributed by atoms with Gasteiger partial charge in [0.2, 0.25) is 11.8 Å². The molecule has 0 unspecified atom stereocenters. The van der Waals surface area contributed by atoms with Gasteiger partial charge in [0, 0.05) is 38.8 Å². The van der Waals surface area contributed by atoms with Gasteiger partial charge in [-0.1, -0.05) is 32.9 Å². The van der Waals surface area contributed by atoms with E-state index in [1.54, 1.807) is 0 Å². The Bertz CT molecular complexity index is 911. The number of piperidine rings is 1. The zero-order chi connectivity index (χ0) is 23.8. The lowest BCUT2D eigenvalue weighted by Gasteiger charge is -2.41. The van der Waals surface area contributed by atoms with Crippen LogP contribution in [0.3, 0.4) is 0 Å². The smallest absolute Gasteiger partial charge is 0.243 e. The number of likely N-dealkylation sites (tertiary alicyclic amines) is 1. The normalized spacial score (nSPS) is 25.6. The van der Waals surface area contributed by atoms with E-state index in [0.29, 0.717) is 24.9 Å². The van der Waals surface area contributed by atoms with Gasteiger partial charge < -0.3 is 15.1 Å². The predicted molar refractivity (Wildman–Crippen MR) is 127 cm³/mol. The molecule has 0 bridgehead atoms. The zero-order valence-corrected chi connectivity index (χ0v) is 20.4. The van der Waals surface area contributed by atoms with Crippen molar-refractivity contribution in [1.82, 2.24) is 20.0 Å². The number of hydrogen-bond donors (Lipinski definition) is 1. The maximum absolute atomic E-state index is 13.3. The number of hydrogen-bond acceptors (Lipinski definition) is 5. The maximum Gasteiger partial charge on any atom is 0.243 e. The van der Waals surface area contributed by atoms with Crippen molar-refractivity contribution in [3.8, 4) is 6.07 Å². The lowest BCUT2D eigenvalue weighted by Crippen LogP contribution is -2.56. The highest BCUT2D eigenvalue weighted by molar-refractivity contribution is 5.92. The molecule has 3 aliphatic rings.